The first-order valence-corrected chi connectivity index (χ1v) is 7.25. The van der Waals surface area contributed by atoms with Crippen molar-refractivity contribution in [3.8, 4) is 12.3 Å². The van der Waals surface area contributed by atoms with E-state index in [0.717, 1.165) is 30.9 Å². The Balaban J connectivity index is 2.95. The summed E-state index contributed by atoms with van der Waals surface area (Å²) in [5, 5.41) is 3.52. The predicted octanol–water partition coefficient (Wildman–Crippen LogP) is 2.99. The molecule has 20 heavy (non-hydrogen) atoms. The average molecular weight is 273 g/mol. The first-order chi connectivity index (χ1) is 9.35. The number of aryl methyl sites for hydroxylation is 1. The van der Waals surface area contributed by atoms with Crippen LogP contribution in [0.25, 0.3) is 0 Å². The van der Waals surface area contributed by atoms with E-state index >= 15 is 0 Å². The SMILES string of the molecule is C#CCN(C)c1cc(CNC(C)(C)C)cc(CCC)n1. The molecule has 0 saturated heterocycles. The van der Waals surface area contributed by atoms with E-state index in [1.165, 1.54) is 5.56 Å². The highest BCUT2D eigenvalue weighted by atomic mass is 15.2. The van der Waals surface area contributed by atoms with Gasteiger partial charge in [-0.25, -0.2) is 4.98 Å². The van der Waals surface area contributed by atoms with E-state index in [1.54, 1.807) is 0 Å². The molecule has 0 aliphatic rings. The van der Waals surface area contributed by atoms with Crippen LogP contribution in [-0.4, -0.2) is 24.1 Å². The van der Waals surface area contributed by atoms with Gasteiger partial charge in [0.25, 0.3) is 0 Å². The third kappa shape index (κ3) is 5.63. The summed E-state index contributed by atoms with van der Waals surface area (Å²) >= 11 is 0. The Morgan fingerprint density at radius 2 is 2.05 bits per heavy atom. The fourth-order valence-electron chi connectivity index (χ4n) is 1.90. The number of nitrogens with zero attached hydrogens (tertiary/aromatic N) is 2. The largest absolute Gasteiger partial charge is 0.349 e. The predicted molar refractivity (Wildman–Crippen MR) is 86.9 cm³/mol. The van der Waals surface area contributed by atoms with Crippen LogP contribution in [0.2, 0.25) is 0 Å². The van der Waals surface area contributed by atoms with Gasteiger partial charge in [0.2, 0.25) is 0 Å². The molecule has 0 radical (unpaired) electrons. The molecule has 1 N–H and O–H groups in total. The van der Waals surface area contributed by atoms with Crippen LogP contribution in [0, 0.1) is 12.3 Å². The summed E-state index contributed by atoms with van der Waals surface area (Å²) in [7, 11) is 1.99. The maximum Gasteiger partial charge on any atom is 0.129 e. The van der Waals surface area contributed by atoms with Crippen molar-refractivity contribution in [1.29, 1.82) is 0 Å². The van der Waals surface area contributed by atoms with E-state index < -0.39 is 0 Å². The number of rotatable bonds is 6. The molecule has 0 fully saturated rings. The van der Waals surface area contributed by atoms with Crippen molar-refractivity contribution < 1.29 is 0 Å². The maximum absolute atomic E-state index is 5.39. The Hall–Kier alpha value is -1.53. The highest BCUT2D eigenvalue weighted by Gasteiger charge is 2.11. The zero-order valence-corrected chi connectivity index (χ0v) is 13.5. The van der Waals surface area contributed by atoms with E-state index in [1.807, 2.05) is 11.9 Å². The van der Waals surface area contributed by atoms with Crippen molar-refractivity contribution in [3.63, 3.8) is 0 Å². The van der Waals surface area contributed by atoms with Gasteiger partial charge >= 0.3 is 0 Å². The fourth-order valence-corrected chi connectivity index (χ4v) is 1.90. The van der Waals surface area contributed by atoms with Gasteiger partial charge in [0.1, 0.15) is 5.82 Å². The minimum atomic E-state index is 0.110. The quantitative estimate of drug-likeness (QED) is 0.808. The summed E-state index contributed by atoms with van der Waals surface area (Å²) in [4.78, 5) is 6.70. The minimum absolute atomic E-state index is 0.110. The molecule has 0 amide bonds. The lowest BCUT2D eigenvalue weighted by Gasteiger charge is -2.22. The highest BCUT2D eigenvalue weighted by Crippen LogP contribution is 2.16. The smallest absolute Gasteiger partial charge is 0.129 e. The van der Waals surface area contributed by atoms with Gasteiger partial charge in [0.05, 0.1) is 6.54 Å². The van der Waals surface area contributed by atoms with Gasteiger partial charge in [0, 0.05) is 24.8 Å². The summed E-state index contributed by atoms with van der Waals surface area (Å²) in [5.41, 5.74) is 2.51. The molecule has 1 aromatic heterocycles. The minimum Gasteiger partial charge on any atom is -0.349 e. The number of hydrogen-bond acceptors (Lipinski definition) is 3. The molecular weight excluding hydrogens is 246 g/mol. The Bertz CT molecular complexity index is 466. The van der Waals surface area contributed by atoms with Crippen LogP contribution in [0.4, 0.5) is 5.82 Å². The van der Waals surface area contributed by atoms with Crippen molar-refractivity contribution in [1.82, 2.24) is 10.3 Å². The molecular formula is C17H27N3. The molecule has 0 aliphatic carbocycles. The lowest BCUT2D eigenvalue weighted by Crippen LogP contribution is -2.35. The molecule has 0 unspecified atom stereocenters. The van der Waals surface area contributed by atoms with Gasteiger partial charge in [-0.2, -0.15) is 0 Å². The second kappa shape index (κ2) is 7.31. The Morgan fingerprint density at radius 3 is 2.60 bits per heavy atom. The van der Waals surface area contributed by atoms with Gasteiger partial charge in [-0.05, 0) is 44.9 Å². The Kier molecular flexibility index (Phi) is 6.04. The normalized spacial score (nSPS) is 11.2. The molecule has 110 valence electrons. The van der Waals surface area contributed by atoms with Crippen LogP contribution >= 0.6 is 0 Å². The average Bonchev–Trinajstić information content (AvgIpc) is 2.36. The number of aromatic nitrogens is 1. The zero-order chi connectivity index (χ0) is 15.2. The molecule has 1 aromatic rings. The van der Waals surface area contributed by atoms with Crippen LogP contribution in [0.5, 0.6) is 0 Å². The lowest BCUT2D eigenvalue weighted by molar-refractivity contribution is 0.424. The van der Waals surface area contributed by atoms with E-state index in [-0.39, 0.29) is 5.54 Å². The second-order valence-corrected chi connectivity index (χ2v) is 6.24. The van der Waals surface area contributed by atoms with Crippen LogP contribution in [0.1, 0.15) is 45.4 Å². The van der Waals surface area contributed by atoms with Gasteiger partial charge in [-0.3, -0.25) is 0 Å². The number of anilines is 1. The van der Waals surface area contributed by atoms with Gasteiger partial charge in [-0.15, -0.1) is 6.42 Å². The zero-order valence-electron chi connectivity index (χ0n) is 13.5. The first kappa shape index (κ1) is 16.5. The van der Waals surface area contributed by atoms with Crippen LogP contribution in [-0.2, 0) is 13.0 Å². The van der Waals surface area contributed by atoms with E-state index in [2.05, 4.69) is 56.0 Å². The highest BCUT2D eigenvalue weighted by molar-refractivity contribution is 5.43. The Morgan fingerprint density at radius 1 is 1.35 bits per heavy atom. The number of nitrogens with one attached hydrogen (secondary N) is 1. The van der Waals surface area contributed by atoms with E-state index in [9.17, 15) is 0 Å². The third-order valence-electron chi connectivity index (χ3n) is 2.97. The molecule has 3 heteroatoms. The van der Waals surface area contributed by atoms with E-state index in [0.29, 0.717) is 6.54 Å². The van der Waals surface area contributed by atoms with Crippen molar-refractivity contribution in [2.45, 2.75) is 52.6 Å². The van der Waals surface area contributed by atoms with Crippen LogP contribution in [0.3, 0.4) is 0 Å². The molecule has 1 rings (SSSR count). The second-order valence-electron chi connectivity index (χ2n) is 6.24. The molecule has 0 aliphatic heterocycles. The monoisotopic (exact) mass is 273 g/mol. The van der Waals surface area contributed by atoms with Crippen LogP contribution in [0.15, 0.2) is 12.1 Å². The standard InChI is InChI=1S/C17H27N3/c1-7-9-15-11-14(13-18-17(3,4)5)12-16(19-15)20(6)10-8-2/h2,11-12,18H,7,9-10,13H2,1,3-6H3. The van der Waals surface area contributed by atoms with E-state index in [4.69, 9.17) is 6.42 Å². The first-order valence-electron chi connectivity index (χ1n) is 7.25. The summed E-state index contributed by atoms with van der Waals surface area (Å²) < 4.78 is 0. The summed E-state index contributed by atoms with van der Waals surface area (Å²) in [6, 6.07) is 4.31. The fraction of sp³-hybridized carbons (Fsp3) is 0.588. The van der Waals surface area contributed by atoms with Gasteiger partial charge in [-0.1, -0.05) is 19.3 Å². The summed E-state index contributed by atoms with van der Waals surface area (Å²) in [6.45, 7) is 10.1. The van der Waals surface area contributed by atoms with Crippen molar-refractivity contribution in [2.75, 3.05) is 18.5 Å². The molecule has 0 atom stereocenters. The lowest BCUT2D eigenvalue weighted by atomic mass is 10.1. The number of terminal acetylenes is 1. The van der Waals surface area contributed by atoms with Crippen LogP contribution < -0.4 is 10.2 Å². The summed E-state index contributed by atoms with van der Waals surface area (Å²) in [6.07, 6.45) is 7.48. The molecule has 0 bridgehead atoms. The maximum atomic E-state index is 5.39. The van der Waals surface area contributed by atoms with Crippen molar-refractivity contribution >= 4 is 5.82 Å². The van der Waals surface area contributed by atoms with Crippen molar-refractivity contribution in [3.05, 3.63) is 23.4 Å². The molecule has 0 spiro atoms. The Labute approximate surface area is 123 Å². The molecule has 0 saturated carbocycles. The molecule has 1 heterocycles. The summed E-state index contributed by atoms with van der Waals surface area (Å²) in [5.74, 6) is 3.62. The van der Waals surface area contributed by atoms with Crippen molar-refractivity contribution in [2.24, 2.45) is 0 Å². The number of hydrogen-bond donors (Lipinski definition) is 1. The molecule has 0 aromatic carbocycles. The topological polar surface area (TPSA) is 28.2 Å². The third-order valence-corrected chi connectivity index (χ3v) is 2.97. The van der Waals surface area contributed by atoms with Gasteiger partial charge in [0.15, 0.2) is 0 Å². The van der Waals surface area contributed by atoms with Gasteiger partial charge < -0.3 is 10.2 Å². The number of pyridine rings is 1. The molecule has 3 nitrogen and oxygen atoms in total.